The summed E-state index contributed by atoms with van der Waals surface area (Å²) in [5, 5.41) is 12.4. The van der Waals surface area contributed by atoms with Gasteiger partial charge in [0.2, 0.25) is 0 Å². The number of aliphatic hydroxyl groups is 1. The summed E-state index contributed by atoms with van der Waals surface area (Å²) in [4.78, 5) is 0. The van der Waals surface area contributed by atoms with Gasteiger partial charge in [0, 0.05) is 17.6 Å². The first-order chi connectivity index (χ1) is 9.08. The second-order valence-corrected chi connectivity index (χ2v) is 8.34. The van der Waals surface area contributed by atoms with E-state index < -0.39 is 0 Å². The lowest BCUT2D eigenvalue weighted by atomic mass is 9.89. The van der Waals surface area contributed by atoms with Crippen LogP contribution in [0.15, 0.2) is 11.5 Å². The molecule has 3 atom stereocenters. The monoisotopic (exact) mass is 302 g/mol. The molecule has 1 aliphatic heterocycles. The van der Waals surface area contributed by atoms with E-state index in [0.29, 0.717) is 13.2 Å². The van der Waals surface area contributed by atoms with E-state index in [9.17, 15) is 5.11 Å². The van der Waals surface area contributed by atoms with Crippen LogP contribution in [0.3, 0.4) is 0 Å². The molecule has 1 rings (SSSR count). The third kappa shape index (κ3) is 7.11. The highest BCUT2D eigenvalue weighted by Crippen LogP contribution is 2.29. The molecule has 0 fully saturated rings. The fraction of sp³-hybridized carbons (Fsp3) is 0.875. The van der Waals surface area contributed by atoms with Crippen LogP contribution in [0.5, 0.6) is 0 Å². The van der Waals surface area contributed by atoms with Crippen molar-refractivity contribution in [1.29, 1.82) is 0 Å². The highest BCUT2D eigenvalue weighted by molar-refractivity contribution is 8.02. The van der Waals surface area contributed by atoms with Crippen molar-refractivity contribution in [3.63, 3.8) is 0 Å². The van der Waals surface area contributed by atoms with Gasteiger partial charge in [-0.1, -0.05) is 6.08 Å². The molecule has 4 heteroatoms. The van der Waals surface area contributed by atoms with Crippen LogP contribution in [0.4, 0.5) is 0 Å². The number of hydrogen-bond donors (Lipinski definition) is 1. The molecule has 0 radical (unpaired) electrons. The molecule has 0 aromatic carbocycles. The molecule has 118 valence electrons. The molecular weight excluding hydrogens is 272 g/mol. The largest absolute Gasteiger partial charge is 0.392 e. The van der Waals surface area contributed by atoms with Gasteiger partial charge in [0.05, 0.1) is 30.5 Å². The minimum absolute atomic E-state index is 0.0859. The molecule has 1 heterocycles. The number of hydrogen-bond acceptors (Lipinski definition) is 4. The van der Waals surface area contributed by atoms with Crippen LogP contribution in [-0.4, -0.2) is 41.4 Å². The van der Waals surface area contributed by atoms with Gasteiger partial charge in [-0.15, -0.1) is 11.8 Å². The SMILES string of the molecule is CC(C)(C)OC[C@@H]1[C@H](O)CSC=C[C@@H]1COC(C)(C)C. The van der Waals surface area contributed by atoms with Crippen LogP contribution < -0.4 is 0 Å². The molecule has 0 spiro atoms. The average Bonchev–Trinajstić information content (AvgIpc) is 2.44. The van der Waals surface area contributed by atoms with Gasteiger partial charge in [0.1, 0.15) is 0 Å². The van der Waals surface area contributed by atoms with Crippen molar-refractivity contribution in [1.82, 2.24) is 0 Å². The first-order valence-electron chi connectivity index (χ1n) is 7.33. The van der Waals surface area contributed by atoms with Gasteiger partial charge in [0.15, 0.2) is 0 Å². The van der Waals surface area contributed by atoms with Gasteiger partial charge < -0.3 is 14.6 Å². The Bertz CT molecular complexity index is 315. The summed E-state index contributed by atoms with van der Waals surface area (Å²) < 4.78 is 11.8. The highest BCUT2D eigenvalue weighted by Gasteiger charge is 2.31. The van der Waals surface area contributed by atoms with E-state index in [1.54, 1.807) is 11.8 Å². The van der Waals surface area contributed by atoms with Crippen LogP contribution in [0.2, 0.25) is 0 Å². The number of aliphatic hydroxyl groups excluding tert-OH is 1. The van der Waals surface area contributed by atoms with Crippen LogP contribution in [-0.2, 0) is 9.47 Å². The predicted octanol–water partition coefficient (Wildman–Crippen LogP) is 3.47. The summed E-state index contributed by atoms with van der Waals surface area (Å²) in [6, 6.07) is 0. The lowest BCUT2D eigenvalue weighted by Crippen LogP contribution is -2.38. The predicted molar refractivity (Wildman–Crippen MR) is 86.0 cm³/mol. The van der Waals surface area contributed by atoms with Crippen molar-refractivity contribution in [3.8, 4) is 0 Å². The summed E-state index contributed by atoms with van der Waals surface area (Å²) in [6.45, 7) is 13.5. The van der Waals surface area contributed by atoms with Crippen molar-refractivity contribution >= 4 is 11.8 Å². The molecule has 1 aliphatic rings. The van der Waals surface area contributed by atoms with Gasteiger partial charge in [-0.05, 0) is 47.0 Å². The second kappa shape index (κ2) is 7.30. The van der Waals surface area contributed by atoms with E-state index >= 15 is 0 Å². The van der Waals surface area contributed by atoms with E-state index in [1.165, 1.54) is 0 Å². The van der Waals surface area contributed by atoms with Gasteiger partial charge in [-0.3, -0.25) is 0 Å². The maximum absolute atomic E-state index is 10.3. The van der Waals surface area contributed by atoms with Crippen LogP contribution in [0, 0.1) is 11.8 Å². The quantitative estimate of drug-likeness (QED) is 0.863. The van der Waals surface area contributed by atoms with Crippen LogP contribution >= 0.6 is 11.8 Å². The van der Waals surface area contributed by atoms with Gasteiger partial charge >= 0.3 is 0 Å². The molecule has 0 aromatic rings. The Morgan fingerprint density at radius 2 is 1.60 bits per heavy atom. The molecule has 1 N–H and O–H groups in total. The van der Waals surface area contributed by atoms with Crippen molar-refractivity contribution in [3.05, 3.63) is 11.5 Å². The molecule has 0 aliphatic carbocycles. The van der Waals surface area contributed by atoms with Crippen molar-refractivity contribution < 1.29 is 14.6 Å². The lowest BCUT2D eigenvalue weighted by Gasteiger charge is -2.32. The van der Waals surface area contributed by atoms with E-state index in [4.69, 9.17) is 9.47 Å². The molecule has 0 saturated carbocycles. The zero-order chi connectivity index (χ0) is 15.4. The molecule has 0 bridgehead atoms. The van der Waals surface area contributed by atoms with Gasteiger partial charge in [0.25, 0.3) is 0 Å². The molecule has 0 saturated heterocycles. The second-order valence-electron chi connectivity index (χ2n) is 7.40. The third-order valence-corrected chi connectivity index (χ3v) is 4.03. The third-order valence-electron chi connectivity index (χ3n) is 3.15. The minimum atomic E-state index is -0.356. The maximum Gasteiger partial charge on any atom is 0.0690 e. The highest BCUT2D eigenvalue weighted by atomic mass is 32.2. The van der Waals surface area contributed by atoms with Crippen molar-refractivity contribution in [2.75, 3.05) is 19.0 Å². The topological polar surface area (TPSA) is 38.7 Å². The summed E-state index contributed by atoms with van der Waals surface area (Å²) in [6.07, 6.45) is 1.80. The standard InChI is InChI=1S/C16H30O3S/c1-15(2,3)18-9-12-7-8-20-11-14(17)13(12)10-19-16(4,5)6/h7-8,12-14,17H,9-11H2,1-6H3/t12-,13+,14-/m1/s1. The summed E-state index contributed by atoms with van der Waals surface area (Å²) in [5.41, 5.74) is -0.341. The van der Waals surface area contributed by atoms with Crippen molar-refractivity contribution in [2.24, 2.45) is 11.8 Å². The molecule has 20 heavy (non-hydrogen) atoms. The molecule has 0 unspecified atom stereocenters. The van der Waals surface area contributed by atoms with E-state index in [2.05, 4.69) is 32.3 Å². The number of rotatable bonds is 4. The van der Waals surface area contributed by atoms with Crippen LogP contribution in [0.25, 0.3) is 0 Å². The molecule has 0 amide bonds. The summed E-state index contributed by atoms with van der Waals surface area (Å²) in [7, 11) is 0. The molecule has 0 aromatic heterocycles. The Hall–Kier alpha value is -0.0300. The van der Waals surface area contributed by atoms with Gasteiger partial charge in [-0.25, -0.2) is 0 Å². The maximum atomic E-state index is 10.3. The molecular formula is C16H30O3S. The van der Waals surface area contributed by atoms with E-state index in [1.807, 2.05) is 20.8 Å². The molecule has 3 nitrogen and oxygen atoms in total. The lowest BCUT2D eigenvalue weighted by molar-refractivity contribution is -0.0775. The first kappa shape index (κ1) is 18.0. The normalized spacial score (nSPS) is 28.4. The fourth-order valence-corrected chi connectivity index (χ4v) is 2.84. The Morgan fingerprint density at radius 3 is 2.15 bits per heavy atom. The number of thioether (sulfide) groups is 1. The van der Waals surface area contributed by atoms with Gasteiger partial charge in [-0.2, -0.15) is 0 Å². The Labute approximate surface area is 128 Å². The Kier molecular flexibility index (Phi) is 6.58. The van der Waals surface area contributed by atoms with Crippen LogP contribution in [0.1, 0.15) is 41.5 Å². The van der Waals surface area contributed by atoms with Crippen molar-refractivity contribution in [2.45, 2.75) is 58.8 Å². The minimum Gasteiger partial charge on any atom is -0.392 e. The smallest absolute Gasteiger partial charge is 0.0690 e. The first-order valence-corrected chi connectivity index (χ1v) is 8.38. The Morgan fingerprint density at radius 1 is 1.05 bits per heavy atom. The van der Waals surface area contributed by atoms with E-state index in [0.717, 1.165) is 5.75 Å². The fourth-order valence-electron chi connectivity index (χ4n) is 1.97. The average molecular weight is 302 g/mol. The zero-order valence-corrected chi connectivity index (χ0v) is 14.5. The Balaban J connectivity index is 2.68. The number of ether oxygens (including phenoxy) is 2. The van der Waals surface area contributed by atoms with E-state index in [-0.39, 0.29) is 29.1 Å². The zero-order valence-electron chi connectivity index (χ0n) is 13.7. The summed E-state index contributed by atoms with van der Waals surface area (Å²) >= 11 is 1.66. The summed E-state index contributed by atoms with van der Waals surface area (Å²) in [5.74, 6) is 1.00.